The summed E-state index contributed by atoms with van der Waals surface area (Å²) >= 11 is 0. The molecule has 1 aliphatic rings. The lowest BCUT2D eigenvalue weighted by Gasteiger charge is -2.18. The van der Waals surface area contributed by atoms with E-state index >= 15 is 0 Å². The highest BCUT2D eigenvalue weighted by atomic mass is 16.4. The van der Waals surface area contributed by atoms with Crippen LogP contribution in [0.3, 0.4) is 0 Å². The Labute approximate surface area is 134 Å². The van der Waals surface area contributed by atoms with Crippen molar-refractivity contribution in [2.45, 2.75) is 32.2 Å². The summed E-state index contributed by atoms with van der Waals surface area (Å²) in [7, 11) is 0. The Morgan fingerprint density at radius 2 is 2.17 bits per heavy atom. The van der Waals surface area contributed by atoms with Crippen LogP contribution in [0.4, 0.5) is 0 Å². The second-order valence-electron chi connectivity index (χ2n) is 5.91. The van der Waals surface area contributed by atoms with Crippen molar-refractivity contribution in [3.8, 4) is 5.69 Å². The van der Waals surface area contributed by atoms with Gasteiger partial charge >= 0.3 is 5.97 Å². The molecule has 6 heteroatoms. The Bertz CT molecular complexity index is 725. The predicted octanol–water partition coefficient (Wildman–Crippen LogP) is 2.16. The summed E-state index contributed by atoms with van der Waals surface area (Å²) < 4.78 is 1.74. The minimum Gasteiger partial charge on any atom is -0.481 e. The van der Waals surface area contributed by atoms with Crippen molar-refractivity contribution in [3.63, 3.8) is 0 Å². The molecule has 1 aromatic heterocycles. The predicted molar refractivity (Wildman–Crippen MR) is 84.5 cm³/mol. The van der Waals surface area contributed by atoms with Crippen LogP contribution in [0, 0.1) is 12.8 Å². The van der Waals surface area contributed by atoms with Crippen LogP contribution in [0.1, 0.15) is 35.2 Å². The van der Waals surface area contributed by atoms with Crippen molar-refractivity contribution in [1.29, 1.82) is 0 Å². The van der Waals surface area contributed by atoms with Crippen LogP contribution >= 0.6 is 0 Å². The van der Waals surface area contributed by atoms with Crippen molar-refractivity contribution in [1.82, 2.24) is 15.1 Å². The number of amides is 1. The maximum Gasteiger partial charge on any atom is 0.308 e. The number of benzene rings is 1. The van der Waals surface area contributed by atoms with E-state index in [1.807, 2.05) is 25.3 Å². The Morgan fingerprint density at radius 3 is 2.83 bits per heavy atom. The Morgan fingerprint density at radius 1 is 1.35 bits per heavy atom. The molecule has 1 saturated carbocycles. The zero-order valence-corrected chi connectivity index (χ0v) is 12.9. The van der Waals surface area contributed by atoms with Crippen LogP contribution in [-0.2, 0) is 4.79 Å². The summed E-state index contributed by atoms with van der Waals surface area (Å²) in [5.74, 6) is -1.54. The summed E-state index contributed by atoms with van der Waals surface area (Å²) in [6.45, 7) is 1.92. The molecule has 6 nitrogen and oxygen atoms in total. The van der Waals surface area contributed by atoms with Crippen LogP contribution < -0.4 is 5.32 Å². The number of rotatable bonds is 4. The molecular formula is C17H19N3O3. The zero-order valence-electron chi connectivity index (χ0n) is 12.9. The molecule has 23 heavy (non-hydrogen) atoms. The number of carboxylic acid groups (broad SMARTS) is 1. The van der Waals surface area contributed by atoms with Gasteiger partial charge in [-0.15, -0.1) is 0 Å². The first kappa shape index (κ1) is 15.3. The Kier molecular flexibility index (Phi) is 4.14. The molecule has 1 amide bonds. The maximum atomic E-state index is 12.4. The summed E-state index contributed by atoms with van der Waals surface area (Å²) in [5, 5.41) is 16.2. The molecule has 120 valence electrons. The van der Waals surface area contributed by atoms with Gasteiger partial charge in [0.2, 0.25) is 0 Å². The number of aryl methyl sites for hydroxylation is 1. The van der Waals surface area contributed by atoms with Crippen molar-refractivity contribution in [3.05, 3.63) is 47.8 Å². The number of hydrogen-bond acceptors (Lipinski definition) is 3. The van der Waals surface area contributed by atoms with Crippen LogP contribution in [0.5, 0.6) is 0 Å². The van der Waals surface area contributed by atoms with Gasteiger partial charge in [-0.25, -0.2) is 4.68 Å². The molecule has 2 aromatic rings. The first-order valence-corrected chi connectivity index (χ1v) is 7.70. The minimum absolute atomic E-state index is 0.224. The van der Waals surface area contributed by atoms with Crippen molar-refractivity contribution in [2.24, 2.45) is 5.92 Å². The van der Waals surface area contributed by atoms with Gasteiger partial charge in [-0.1, -0.05) is 6.42 Å². The first-order chi connectivity index (χ1) is 11.1. The van der Waals surface area contributed by atoms with Crippen LogP contribution in [-0.4, -0.2) is 32.8 Å². The van der Waals surface area contributed by atoms with Gasteiger partial charge in [-0.2, -0.15) is 5.10 Å². The Hall–Kier alpha value is -2.63. The topological polar surface area (TPSA) is 84.2 Å². The molecule has 1 fully saturated rings. The fourth-order valence-corrected chi connectivity index (χ4v) is 3.15. The van der Waals surface area contributed by atoms with E-state index in [0.29, 0.717) is 18.4 Å². The van der Waals surface area contributed by atoms with E-state index in [2.05, 4.69) is 10.4 Å². The molecule has 2 atom stereocenters. The van der Waals surface area contributed by atoms with E-state index < -0.39 is 11.9 Å². The smallest absolute Gasteiger partial charge is 0.308 e. The number of hydrogen-bond donors (Lipinski definition) is 2. The third-order valence-electron chi connectivity index (χ3n) is 4.36. The average Bonchev–Trinajstić information content (AvgIpc) is 3.18. The lowest BCUT2D eigenvalue weighted by molar-refractivity contribution is -0.142. The highest BCUT2D eigenvalue weighted by Gasteiger charge is 2.34. The van der Waals surface area contributed by atoms with E-state index in [4.69, 9.17) is 0 Å². The third-order valence-corrected chi connectivity index (χ3v) is 4.36. The van der Waals surface area contributed by atoms with Gasteiger partial charge in [0.1, 0.15) is 0 Å². The molecule has 1 aromatic carbocycles. The monoisotopic (exact) mass is 313 g/mol. The highest BCUT2D eigenvalue weighted by Crippen LogP contribution is 2.26. The molecular weight excluding hydrogens is 294 g/mol. The summed E-state index contributed by atoms with van der Waals surface area (Å²) in [6.07, 6.45) is 5.72. The van der Waals surface area contributed by atoms with E-state index in [1.54, 1.807) is 23.0 Å². The Balaban J connectivity index is 1.75. The van der Waals surface area contributed by atoms with Gasteiger partial charge in [0, 0.05) is 24.0 Å². The van der Waals surface area contributed by atoms with Crippen molar-refractivity contribution < 1.29 is 14.7 Å². The molecule has 2 N–H and O–H groups in total. The molecule has 0 aliphatic heterocycles. The molecule has 0 spiro atoms. The number of carbonyl (C=O) groups excluding carboxylic acids is 1. The summed E-state index contributed by atoms with van der Waals surface area (Å²) in [4.78, 5) is 23.6. The van der Waals surface area contributed by atoms with Gasteiger partial charge in [0.15, 0.2) is 0 Å². The molecule has 1 heterocycles. The van der Waals surface area contributed by atoms with Crippen molar-refractivity contribution in [2.75, 3.05) is 0 Å². The zero-order chi connectivity index (χ0) is 16.4. The largest absolute Gasteiger partial charge is 0.481 e. The first-order valence-electron chi connectivity index (χ1n) is 7.70. The maximum absolute atomic E-state index is 12.4. The highest BCUT2D eigenvalue weighted by molar-refractivity contribution is 5.95. The number of nitrogens with zero attached hydrogens (tertiary/aromatic N) is 2. The van der Waals surface area contributed by atoms with E-state index in [9.17, 15) is 14.7 Å². The summed E-state index contributed by atoms with van der Waals surface area (Å²) in [6, 6.07) is 6.94. The molecule has 0 unspecified atom stereocenters. The fraction of sp³-hybridized carbons (Fsp3) is 0.353. The lowest BCUT2D eigenvalue weighted by Crippen LogP contribution is -2.40. The molecule has 0 saturated heterocycles. The average molecular weight is 313 g/mol. The van der Waals surface area contributed by atoms with Gasteiger partial charge in [-0.3, -0.25) is 9.59 Å². The fourth-order valence-electron chi connectivity index (χ4n) is 3.15. The molecule has 3 rings (SSSR count). The van der Waals surface area contributed by atoms with Gasteiger partial charge in [0.25, 0.3) is 5.91 Å². The second-order valence-corrected chi connectivity index (χ2v) is 5.91. The molecule has 0 bridgehead atoms. The summed E-state index contributed by atoms with van der Waals surface area (Å²) in [5.41, 5.74) is 2.38. The molecule has 0 radical (unpaired) electrons. The minimum atomic E-state index is -0.835. The van der Waals surface area contributed by atoms with E-state index in [1.165, 1.54) is 0 Å². The molecule has 1 aliphatic carbocycles. The number of nitrogens with one attached hydrogen (secondary N) is 1. The number of carboxylic acids is 1. The van der Waals surface area contributed by atoms with Crippen LogP contribution in [0.2, 0.25) is 0 Å². The van der Waals surface area contributed by atoms with Crippen LogP contribution in [0.15, 0.2) is 36.7 Å². The van der Waals surface area contributed by atoms with Crippen LogP contribution in [0.25, 0.3) is 5.69 Å². The van der Waals surface area contributed by atoms with Gasteiger partial charge in [-0.05, 0) is 49.6 Å². The quantitative estimate of drug-likeness (QED) is 0.906. The third kappa shape index (κ3) is 3.11. The van der Waals surface area contributed by atoms with Gasteiger partial charge < -0.3 is 10.4 Å². The van der Waals surface area contributed by atoms with E-state index in [0.717, 1.165) is 17.7 Å². The van der Waals surface area contributed by atoms with E-state index in [-0.39, 0.29) is 11.9 Å². The number of aromatic nitrogens is 2. The standard InChI is InChI=1S/C17H19N3O3/c1-11-10-12(6-7-15(11)20-9-3-8-18-20)16(21)19-14-5-2-4-13(14)17(22)23/h3,6-10,13-14H,2,4-5H2,1H3,(H,19,21)(H,22,23)/t13-,14+/m0/s1. The normalized spacial score (nSPS) is 20.4. The number of aliphatic carboxylic acids is 1. The lowest BCUT2D eigenvalue weighted by atomic mass is 10.0. The second kappa shape index (κ2) is 6.24. The number of carbonyl (C=O) groups is 2. The van der Waals surface area contributed by atoms with Crippen molar-refractivity contribution >= 4 is 11.9 Å². The van der Waals surface area contributed by atoms with Gasteiger partial charge in [0.05, 0.1) is 11.6 Å². The SMILES string of the molecule is Cc1cc(C(=O)N[C@@H]2CCC[C@@H]2C(=O)O)ccc1-n1cccn1.